The lowest BCUT2D eigenvalue weighted by molar-refractivity contribution is 0.0617. The van der Waals surface area contributed by atoms with Crippen molar-refractivity contribution in [3.8, 4) is 0 Å². The van der Waals surface area contributed by atoms with Crippen molar-refractivity contribution in [1.29, 1.82) is 0 Å². The van der Waals surface area contributed by atoms with E-state index in [-0.39, 0.29) is 5.91 Å². The van der Waals surface area contributed by atoms with E-state index in [1.165, 1.54) is 0 Å². The van der Waals surface area contributed by atoms with Crippen LogP contribution in [0.2, 0.25) is 0 Å². The van der Waals surface area contributed by atoms with Gasteiger partial charge in [-0.1, -0.05) is 27.2 Å². The molecule has 2 rings (SSSR count). The van der Waals surface area contributed by atoms with E-state index >= 15 is 0 Å². The second kappa shape index (κ2) is 7.07. The van der Waals surface area contributed by atoms with Gasteiger partial charge in [0.25, 0.3) is 5.91 Å². The topological polar surface area (TPSA) is 50.2 Å². The van der Waals surface area contributed by atoms with E-state index in [0.29, 0.717) is 17.7 Å². The van der Waals surface area contributed by atoms with Gasteiger partial charge in [0, 0.05) is 26.2 Å². The second-order valence-electron chi connectivity index (χ2n) is 5.87. The summed E-state index contributed by atoms with van der Waals surface area (Å²) in [4.78, 5) is 14.7. The maximum Gasteiger partial charge on any atom is 0.272 e. The number of hydrogen-bond donors (Lipinski definition) is 1. The number of piperidine rings is 1. The SMILES string of the molecule is CCNC1CCN(C(=O)c2cc(CC)nn2C)CC1CC. The number of carbonyl (C=O) groups excluding carboxylic acids is 1. The van der Waals surface area contributed by atoms with E-state index in [1.807, 2.05) is 18.0 Å². The summed E-state index contributed by atoms with van der Waals surface area (Å²) in [6, 6.07) is 2.47. The monoisotopic (exact) mass is 292 g/mol. The van der Waals surface area contributed by atoms with E-state index in [9.17, 15) is 4.79 Å². The molecule has 118 valence electrons. The molecule has 0 spiro atoms. The lowest BCUT2D eigenvalue weighted by atomic mass is 9.89. The molecule has 1 aliphatic rings. The van der Waals surface area contributed by atoms with Gasteiger partial charge in [-0.2, -0.15) is 5.10 Å². The highest BCUT2D eigenvalue weighted by molar-refractivity contribution is 5.92. The van der Waals surface area contributed by atoms with E-state index in [0.717, 1.165) is 44.6 Å². The zero-order valence-electron chi connectivity index (χ0n) is 13.7. The maximum atomic E-state index is 12.7. The summed E-state index contributed by atoms with van der Waals surface area (Å²) in [5.41, 5.74) is 1.69. The summed E-state index contributed by atoms with van der Waals surface area (Å²) < 4.78 is 1.72. The fourth-order valence-corrected chi connectivity index (χ4v) is 3.22. The second-order valence-corrected chi connectivity index (χ2v) is 5.87. The quantitative estimate of drug-likeness (QED) is 0.901. The van der Waals surface area contributed by atoms with Crippen molar-refractivity contribution in [1.82, 2.24) is 20.0 Å². The average Bonchev–Trinajstić information content (AvgIpc) is 2.88. The van der Waals surface area contributed by atoms with Gasteiger partial charge in [-0.05, 0) is 31.4 Å². The summed E-state index contributed by atoms with van der Waals surface area (Å²) in [6.07, 6.45) is 3.00. The van der Waals surface area contributed by atoms with Crippen LogP contribution in [0.4, 0.5) is 0 Å². The number of rotatable bonds is 5. The van der Waals surface area contributed by atoms with Gasteiger partial charge in [-0.3, -0.25) is 9.48 Å². The molecule has 1 aromatic heterocycles. The Bertz CT molecular complexity index is 483. The van der Waals surface area contributed by atoms with Crippen LogP contribution in [0.3, 0.4) is 0 Å². The summed E-state index contributed by atoms with van der Waals surface area (Å²) in [5, 5.41) is 7.94. The number of aryl methyl sites for hydroxylation is 2. The van der Waals surface area contributed by atoms with E-state index in [2.05, 4.69) is 31.2 Å². The number of nitrogens with zero attached hydrogens (tertiary/aromatic N) is 3. The van der Waals surface area contributed by atoms with Crippen LogP contribution in [-0.2, 0) is 13.5 Å². The molecule has 1 N–H and O–H groups in total. The van der Waals surface area contributed by atoms with E-state index < -0.39 is 0 Å². The van der Waals surface area contributed by atoms with Gasteiger partial charge in [0.1, 0.15) is 5.69 Å². The molecule has 5 heteroatoms. The Balaban J connectivity index is 2.08. The highest BCUT2D eigenvalue weighted by Gasteiger charge is 2.31. The Kier molecular flexibility index (Phi) is 5.39. The molecule has 1 aromatic rings. The van der Waals surface area contributed by atoms with Crippen LogP contribution in [-0.4, -0.2) is 46.3 Å². The third-order valence-corrected chi connectivity index (χ3v) is 4.52. The summed E-state index contributed by atoms with van der Waals surface area (Å²) in [6.45, 7) is 9.09. The zero-order chi connectivity index (χ0) is 15.4. The average molecular weight is 292 g/mol. The minimum atomic E-state index is 0.123. The number of nitrogens with one attached hydrogen (secondary N) is 1. The van der Waals surface area contributed by atoms with Gasteiger partial charge in [-0.25, -0.2) is 0 Å². The number of likely N-dealkylation sites (tertiary alicyclic amines) is 1. The predicted octanol–water partition coefficient (Wildman–Crippen LogP) is 1.83. The Hall–Kier alpha value is -1.36. The van der Waals surface area contributed by atoms with Crippen molar-refractivity contribution in [2.24, 2.45) is 13.0 Å². The fourth-order valence-electron chi connectivity index (χ4n) is 3.22. The minimum Gasteiger partial charge on any atom is -0.337 e. The van der Waals surface area contributed by atoms with Crippen molar-refractivity contribution < 1.29 is 4.79 Å². The Morgan fingerprint density at radius 3 is 2.76 bits per heavy atom. The molecular weight excluding hydrogens is 264 g/mol. The molecule has 1 amide bonds. The molecule has 2 unspecified atom stereocenters. The highest BCUT2D eigenvalue weighted by Crippen LogP contribution is 2.22. The van der Waals surface area contributed by atoms with Crippen molar-refractivity contribution in [2.45, 2.75) is 46.1 Å². The summed E-state index contributed by atoms with van der Waals surface area (Å²) in [7, 11) is 1.86. The molecule has 2 heterocycles. The minimum absolute atomic E-state index is 0.123. The third kappa shape index (κ3) is 3.46. The molecular formula is C16H28N4O. The summed E-state index contributed by atoms with van der Waals surface area (Å²) in [5.74, 6) is 0.666. The van der Waals surface area contributed by atoms with Gasteiger partial charge >= 0.3 is 0 Å². The smallest absolute Gasteiger partial charge is 0.272 e. The van der Waals surface area contributed by atoms with Crippen molar-refractivity contribution in [3.63, 3.8) is 0 Å². The first-order valence-corrected chi connectivity index (χ1v) is 8.16. The number of carbonyl (C=O) groups is 1. The van der Waals surface area contributed by atoms with E-state index in [1.54, 1.807) is 4.68 Å². The fraction of sp³-hybridized carbons (Fsp3) is 0.750. The van der Waals surface area contributed by atoms with Crippen LogP contribution in [0.5, 0.6) is 0 Å². The molecule has 1 saturated heterocycles. The molecule has 0 radical (unpaired) electrons. The third-order valence-electron chi connectivity index (χ3n) is 4.52. The molecule has 1 aliphatic heterocycles. The molecule has 0 bridgehead atoms. The van der Waals surface area contributed by atoms with Gasteiger partial charge in [-0.15, -0.1) is 0 Å². The number of aromatic nitrogens is 2. The van der Waals surface area contributed by atoms with Crippen LogP contribution in [0.1, 0.15) is 49.8 Å². The largest absolute Gasteiger partial charge is 0.337 e. The van der Waals surface area contributed by atoms with Crippen LogP contribution >= 0.6 is 0 Å². The summed E-state index contributed by atoms with van der Waals surface area (Å²) >= 11 is 0. The molecule has 0 aliphatic carbocycles. The molecule has 0 aromatic carbocycles. The normalized spacial score (nSPS) is 22.6. The first-order chi connectivity index (χ1) is 10.1. The van der Waals surface area contributed by atoms with Crippen molar-refractivity contribution in [2.75, 3.05) is 19.6 Å². The van der Waals surface area contributed by atoms with E-state index in [4.69, 9.17) is 0 Å². The van der Waals surface area contributed by atoms with Crippen LogP contribution in [0, 0.1) is 5.92 Å². The molecule has 5 nitrogen and oxygen atoms in total. The first kappa shape index (κ1) is 16.0. The molecule has 21 heavy (non-hydrogen) atoms. The number of amides is 1. The first-order valence-electron chi connectivity index (χ1n) is 8.16. The van der Waals surface area contributed by atoms with Gasteiger partial charge in [0.05, 0.1) is 5.69 Å². The zero-order valence-corrected chi connectivity index (χ0v) is 13.7. The van der Waals surface area contributed by atoms with Gasteiger partial charge in [0.15, 0.2) is 0 Å². The van der Waals surface area contributed by atoms with Crippen LogP contribution in [0.15, 0.2) is 6.07 Å². The standard InChI is InChI=1S/C16H28N4O/c1-5-12-11-20(9-8-14(12)17-7-3)16(21)15-10-13(6-2)18-19(15)4/h10,12,14,17H,5-9,11H2,1-4H3. The van der Waals surface area contributed by atoms with Crippen molar-refractivity contribution in [3.05, 3.63) is 17.5 Å². The number of hydrogen-bond acceptors (Lipinski definition) is 3. The molecule has 0 saturated carbocycles. The Morgan fingerprint density at radius 2 is 2.19 bits per heavy atom. The predicted molar refractivity (Wildman–Crippen MR) is 84.4 cm³/mol. The van der Waals surface area contributed by atoms with Crippen LogP contribution < -0.4 is 5.32 Å². The van der Waals surface area contributed by atoms with Gasteiger partial charge in [0.2, 0.25) is 0 Å². The van der Waals surface area contributed by atoms with Crippen molar-refractivity contribution >= 4 is 5.91 Å². The molecule has 2 atom stereocenters. The highest BCUT2D eigenvalue weighted by atomic mass is 16.2. The Morgan fingerprint density at radius 1 is 1.43 bits per heavy atom. The lowest BCUT2D eigenvalue weighted by Crippen LogP contribution is -2.51. The Labute approximate surface area is 127 Å². The molecule has 1 fully saturated rings. The van der Waals surface area contributed by atoms with Gasteiger partial charge < -0.3 is 10.2 Å². The lowest BCUT2D eigenvalue weighted by Gasteiger charge is -2.38. The maximum absolute atomic E-state index is 12.7. The van der Waals surface area contributed by atoms with Crippen LogP contribution in [0.25, 0.3) is 0 Å².